The lowest BCUT2D eigenvalue weighted by Gasteiger charge is -2.11. The Morgan fingerprint density at radius 3 is 2.91 bits per heavy atom. The van der Waals surface area contributed by atoms with E-state index in [9.17, 15) is 8.42 Å². The van der Waals surface area contributed by atoms with Crippen LogP contribution in [0.1, 0.15) is 12.5 Å². The molecule has 0 radical (unpaired) electrons. The molecule has 0 saturated heterocycles. The molecule has 3 rings (SSSR count). The molecule has 0 amide bonds. The van der Waals surface area contributed by atoms with E-state index in [1.165, 1.54) is 11.3 Å². The molecule has 0 fully saturated rings. The van der Waals surface area contributed by atoms with E-state index in [4.69, 9.17) is 0 Å². The minimum atomic E-state index is -3.52. The van der Waals surface area contributed by atoms with Crippen LogP contribution in [0.15, 0.2) is 43.1 Å². The highest BCUT2D eigenvalue weighted by Gasteiger charge is 2.20. The molecule has 0 bridgehead atoms. The second kappa shape index (κ2) is 6.99. The number of nitrogens with zero attached hydrogens (tertiary/aromatic N) is 1. The van der Waals surface area contributed by atoms with E-state index < -0.39 is 10.0 Å². The van der Waals surface area contributed by atoms with Gasteiger partial charge in [0.25, 0.3) is 10.0 Å². The molecule has 0 spiro atoms. The van der Waals surface area contributed by atoms with Gasteiger partial charge in [-0.05, 0) is 41.6 Å². The third-order valence-corrected chi connectivity index (χ3v) is 7.83. The predicted octanol–water partition coefficient (Wildman–Crippen LogP) is 4.34. The van der Waals surface area contributed by atoms with Crippen molar-refractivity contribution < 1.29 is 8.42 Å². The molecule has 2 aromatic rings. The van der Waals surface area contributed by atoms with Crippen molar-refractivity contribution in [2.24, 2.45) is 3.21 Å². The van der Waals surface area contributed by atoms with Crippen molar-refractivity contribution in [2.45, 2.75) is 22.8 Å². The second-order valence-electron chi connectivity index (χ2n) is 5.06. The zero-order chi connectivity index (χ0) is 16.4. The summed E-state index contributed by atoms with van der Waals surface area (Å²) >= 11 is 4.85. The SMILES string of the molecule is CC1Cc2cc(NS(=O)(=O)c3cccs3)ccc2N/C(=N/I)S1. The summed E-state index contributed by atoms with van der Waals surface area (Å²) in [6.07, 6.45) is 0.844. The summed E-state index contributed by atoms with van der Waals surface area (Å²) < 4.78 is 31.8. The van der Waals surface area contributed by atoms with Crippen LogP contribution >= 0.6 is 46.0 Å². The summed E-state index contributed by atoms with van der Waals surface area (Å²) in [5.41, 5.74) is 2.62. The Bertz CT molecular complexity index is 835. The molecular formula is C14H14IN3O2S3. The van der Waals surface area contributed by atoms with Gasteiger partial charge >= 0.3 is 0 Å². The van der Waals surface area contributed by atoms with E-state index in [-0.39, 0.29) is 0 Å². The molecular weight excluding hydrogens is 465 g/mol. The number of thiophene rings is 1. The fourth-order valence-electron chi connectivity index (χ4n) is 2.30. The zero-order valence-electron chi connectivity index (χ0n) is 12.1. The average molecular weight is 479 g/mol. The second-order valence-corrected chi connectivity index (χ2v) is 9.82. The minimum Gasteiger partial charge on any atom is -0.334 e. The molecule has 1 aliphatic heterocycles. The van der Waals surface area contributed by atoms with Gasteiger partial charge in [0, 0.05) is 16.6 Å². The van der Waals surface area contributed by atoms with Crippen molar-refractivity contribution in [1.29, 1.82) is 0 Å². The van der Waals surface area contributed by atoms with Gasteiger partial charge in [-0.2, -0.15) is 3.21 Å². The van der Waals surface area contributed by atoms with Crippen molar-refractivity contribution in [3.05, 3.63) is 41.3 Å². The van der Waals surface area contributed by atoms with Gasteiger partial charge in [0.15, 0.2) is 5.17 Å². The maximum Gasteiger partial charge on any atom is 0.271 e. The summed E-state index contributed by atoms with van der Waals surface area (Å²) in [6, 6.07) is 8.87. The Morgan fingerprint density at radius 1 is 1.39 bits per heavy atom. The Kier molecular flexibility index (Phi) is 5.19. The van der Waals surface area contributed by atoms with Gasteiger partial charge in [-0.25, -0.2) is 8.42 Å². The van der Waals surface area contributed by atoms with Gasteiger partial charge in [-0.1, -0.05) is 24.8 Å². The number of benzene rings is 1. The molecule has 2 heterocycles. The molecule has 0 aliphatic carbocycles. The van der Waals surface area contributed by atoms with Crippen molar-refractivity contribution >= 4 is 72.5 Å². The average Bonchev–Trinajstić information content (AvgIpc) is 2.98. The molecule has 1 aromatic heterocycles. The predicted molar refractivity (Wildman–Crippen MR) is 107 cm³/mol. The number of nitrogens with one attached hydrogen (secondary N) is 2. The number of amidine groups is 1. The third-order valence-electron chi connectivity index (χ3n) is 3.26. The first-order valence-electron chi connectivity index (χ1n) is 6.80. The van der Waals surface area contributed by atoms with Crippen LogP contribution in [0, 0.1) is 0 Å². The number of sulfonamides is 1. The van der Waals surface area contributed by atoms with Gasteiger partial charge in [-0.3, -0.25) is 4.72 Å². The summed E-state index contributed by atoms with van der Waals surface area (Å²) in [5.74, 6) is 0. The monoisotopic (exact) mass is 479 g/mol. The van der Waals surface area contributed by atoms with Crippen LogP contribution in [0.2, 0.25) is 0 Å². The molecule has 1 unspecified atom stereocenters. The first-order chi connectivity index (χ1) is 11.0. The fourth-order valence-corrected chi connectivity index (χ4v) is 5.65. The molecule has 1 aliphatic rings. The smallest absolute Gasteiger partial charge is 0.271 e. The van der Waals surface area contributed by atoms with Crippen molar-refractivity contribution in [3.63, 3.8) is 0 Å². The van der Waals surface area contributed by atoms with Gasteiger partial charge in [0.05, 0.1) is 22.9 Å². The minimum absolute atomic E-state index is 0.314. The van der Waals surface area contributed by atoms with Crippen molar-refractivity contribution in [2.75, 3.05) is 10.0 Å². The fraction of sp³-hybridized carbons (Fsp3) is 0.214. The Balaban J connectivity index is 1.90. The topological polar surface area (TPSA) is 70.6 Å². The first kappa shape index (κ1) is 17.1. The van der Waals surface area contributed by atoms with Crippen LogP contribution in [0.3, 0.4) is 0 Å². The molecule has 23 heavy (non-hydrogen) atoms. The number of rotatable bonds is 3. The maximum atomic E-state index is 12.3. The van der Waals surface area contributed by atoms with Crippen LogP contribution in [0.4, 0.5) is 11.4 Å². The maximum absolute atomic E-state index is 12.3. The van der Waals surface area contributed by atoms with Gasteiger partial charge in [0.2, 0.25) is 0 Å². The van der Waals surface area contributed by atoms with E-state index in [1.807, 2.05) is 35.0 Å². The zero-order valence-corrected chi connectivity index (χ0v) is 16.7. The Hall–Kier alpha value is -0.780. The van der Waals surface area contributed by atoms with E-state index in [2.05, 4.69) is 20.2 Å². The number of fused-ring (bicyclic) bond motifs is 1. The van der Waals surface area contributed by atoms with E-state index >= 15 is 0 Å². The highest BCUT2D eigenvalue weighted by molar-refractivity contribution is 14.1. The van der Waals surface area contributed by atoms with Crippen molar-refractivity contribution in [3.8, 4) is 0 Å². The van der Waals surface area contributed by atoms with Crippen LogP contribution in [-0.2, 0) is 16.4 Å². The lowest BCUT2D eigenvalue weighted by atomic mass is 10.1. The lowest BCUT2D eigenvalue weighted by molar-refractivity contribution is 0.603. The molecule has 9 heteroatoms. The van der Waals surface area contributed by atoms with Gasteiger partial charge in [0.1, 0.15) is 4.21 Å². The summed E-state index contributed by atoms with van der Waals surface area (Å²) in [6.45, 7) is 2.13. The highest BCUT2D eigenvalue weighted by atomic mass is 127. The lowest BCUT2D eigenvalue weighted by Crippen LogP contribution is -2.12. The van der Waals surface area contributed by atoms with E-state index in [0.29, 0.717) is 15.1 Å². The molecule has 5 nitrogen and oxygen atoms in total. The highest BCUT2D eigenvalue weighted by Crippen LogP contribution is 2.31. The quantitative estimate of drug-likeness (QED) is 0.643. The van der Waals surface area contributed by atoms with Crippen LogP contribution in [0.5, 0.6) is 0 Å². The molecule has 0 saturated carbocycles. The third kappa shape index (κ3) is 4.01. The van der Waals surface area contributed by atoms with Crippen LogP contribution in [0.25, 0.3) is 0 Å². The normalized spacial score (nSPS) is 19.7. The number of hydrogen-bond acceptors (Lipinski definition) is 5. The summed E-state index contributed by atoms with van der Waals surface area (Å²) in [7, 11) is -3.52. The van der Waals surface area contributed by atoms with Gasteiger partial charge < -0.3 is 5.32 Å². The number of anilines is 2. The van der Waals surface area contributed by atoms with Crippen LogP contribution < -0.4 is 10.0 Å². The summed E-state index contributed by atoms with van der Waals surface area (Å²) in [5, 5.41) is 6.26. The van der Waals surface area contributed by atoms with E-state index in [1.54, 1.807) is 35.3 Å². The Labute approximate surface area is 157 Å². The molecule has 1 aromatic carbocycles. The molecule has 122 valence electrons. The number of thioether (sulfide) groups is 1. The van der Waals surface area contributed by atoms with Crippen LogP contribution in [-0.4, -0.2) is 18.8 Å². The standard InChI is InChI=1S/C14H14IN3O2S3/c1-9-7-10-8-11(4-5-12(10)16-14(17-15)22-9)18-23(19,20)13-3-2-6-21-13/h2-6,8-9,18H,7H2,1H3,(H,16,17). The van der Waals surface area contributed by atoms with Crippen molar-refractivity contribution in [1.82, 2.24) is 0 Å². The molecule has 2 N–H and O–H groups in total. The largest absolute Gasteiger partial charge is 0.334 e. The summed E-state index contributed by atoms with van der Waals surface area (Å²) in [4.78, 5) is 0. The Morgan fingerprint density at radius 2 is 2.22 bits per heavy atom. The number of halogens is 1. The van der Waals surface area contributed by atoms with Gasteiger partial charge in [-0.15, -0.1) is 11.3 Å². The first-order valence-corrected chi connectivity index (χ1v) is 11.0. The number of hydrogen-bond donors (Lipinski definition) is 2. The molecule has 1 atom stereocenters. The van der Waals surface area contributed by atoms with E-state index in [0.717, 1.165) is 22.8 Å².